The van der Waals surface area contributed by atoms with E-state index in [1.807, 2.05) is 13.8 Å². The van der Waals surface area contributed by atoms with Crippen LogP contribution in [0.1, 0.15) is 65.2 Å². The molecule has 4 fully saturated rings. The van der Waals surface area contributed by atoms with Gasteiger partial charge in [0.05, 0.1) is 74.5 Å². The average molecular weight is 555 g/mol. The summed E-state index contributed by atoms with van der Waals surface area (Å²) in [7, 11) is 0. The number of unbranched alkanes of at least 4 members (excludes halogenated alkanes) is 2. The minimum atomic E-state index is -0.587. The topological polar surface area (TPSA) is 139 Å². The quantitative estimate of drug-likeness (QED) is 0.120. The lowest BCUT2D eigenvalue weighted by molar-refractivity contribution is -0.164. The smallest absolute Gasteiger partial charge is 0.309 e. The summed E-state index contributed by atoms with van der Waals surface area (Å²) in [5.41, 5.74) is 0. The second-order valence-electron chi connectivity index (χ2n) is 10.8. The fraction of sp³-hybridized carbons (Fsp3) is 0.857. The van der Waals surface area contributed by atoms with Gasteiger partial charge in [0.1, 0.15) is 13.2 Å². The van der Waals surface area contributed by atoms with Gasteiger partial charge in [-0.05, 0) is 38.5 Å². The maximum absolute atomic E-state index is 12.7. The van der Waals surface area contributed by atoms with E-state index in [9.17, 15) is 19.2 Å². The normalized spacial score (nSPS) is 32.3. The second kappa shape index (κ2) is 14.4. The van der Waals surface area contributed by atoms with Crippen LogP contribution in [-0.2, 0) is 52.3 Å². The number of fused-ring (bicyclic) bond motifs is 2. The second-order valence-corrected chi connectivity index (χ2v) is 10.8. The molecule has 0 bridgehead atoms. The third-order valence-electron chi connectivity index (χ3n) is 7.93. The molecule has 11 heteroatoms. The van der Waals surface area contributed by atoms with E-state index in [2.05, 4.69) is 0 Å². The summed E-state index contributed by atoms with van der Waals surface area (Å²) in [6.45, 7) is 5.01. The van der Waals surface area contributed by atoms with Crippen molar-refractivity contribution in [3.63, 3.8) is 0 Å². The van der Waals surface area contributed by atoms with Crippen molar-refractivity contribution in [2.24, 2.45) is 23.7 Å². The molecule has 0 radical (unpaired) electrons. The summed E-state index contributed by atoms with van der Waals surface area (Å²) < 4.78 is 38.0. The van der Waals surface area contributed by atoms with Gasteiger partial charge in [-0.2, -0.15) is 0 Å². The monoisotopic (exact) mass is 554 g/mol. The minimum absolute atomic E-state index is 0.00694. The minimum Gasteiger partial charge on any atom is -0.465 e. The van der Waals surface area contributed by atoms with Crippen LogP contribution in [0.5, 0.6) is 0 Å². The van der Waals surface area contributed by atoms with Gasteiger partial charge >= 0.3 is 23.9 Å². The van der Waals surface area contributed by atoms with Crippen LogP contribution in [0.15, 0.2) is 0 Å². The van der Waals surface area contributed by atoms with Crippen molar-refractivity contribution < 1.29 is 52.3 Å². The zero-order valence-electron chi connectivity index (χ0n) is 23.0. The lowest BCUT2D eigenvalue weighted by Gasteiger charge is -2.26. The Balaban J connectivity index is 1.11. The van der Waals surface area contributed by atoms with Crippen molar-refractivity contribution in [3.8, 4) is 0 Å². The molecule has 0 amide bonds. The molecule has 2 aliphatic carbocycles. The standard InChI is InChI=1S/C28H42O11/c1-3-5-7-34-25(29)17-13-21-23(38-21)15-19(17)27(31)36-11-9-33-10-12-37-28(32)20-16-24-22(39-24)14-18(20)26(30)35-8-6-4-2/h17-24H,3-16H2,1-2H3/t17-,18-,19-,20+,21+,22-,23-,24+/m0/s1. The van der Waals surface area contributed by atoms with E-state index in [0.717, 1.165) is 25.7 Å². The molecule has 4 aliphatic rings. The first kappa shape index (κ1) is 29.7. The molecule has 0 spiro atoms. The van der Waals surface area contributed by atoms with E-state index in [-0.39, 0.29) is 62.8 Å². The number of ether oxygens (including phenoxy) is 7. The fourth-order valence-electron chi connectivity index (χ4n) is 5.45. The Morgan fingerprint density at radius 3 is 1.13 bits per heavy atom. The van der Waals surface area contributed by atoms with Gasteiger partial charge < -0.3 is 33.2 Å². The Morgan fingerprint density at radius 1 is 0.513 bits per heavy atom. The first-order valence-corrected chi connectivity index (χ1v) is 14.5. The predicted octanol–water partition coefficient (Wildman–Crippen LogP) is 2.36. The largest absolute Gasteiger partial charge is 0.465 e. The summed E-state index contributed by atoms with van der Waals surface area (Å²) in [6.07, 6.45) is 5.32. The van der Waals surface area contributed by atoms with Crippen molar-refractivity contribution in [1.29, 1.82) is 0 Å². The molecule has 2 saturated carbocycles. The van der Waals surface area contributed by atoms with Crippen molar-refractivity contribution in [2.75, 3.05) is 39.6 Å². The summed E-state index contributed by atoms with van der Waals surface area (Å²) >= 11 is 0. The van der Waals surface area contributed by atoms with Gasteiger partial charge in [-0.3, -0.25) is 19.2 Å². The van der Waals surface area contributed by atoms with E-state index < -0.39 is 35.6 Å². The number of carbonyl (C=O) groups is 4. The SMILES string of the molecule is CCCCOC(=O)[C@H]1C[C@H]2O[C@H]2C[C@@H]1C(=O)OCCOCCOC(=O)[C@@H]1C[C@H]2O[C@H]2C[C@@H]1C(=O)OCCCC. The first-order chi connectivity index (χ1) is 18.9. The van der Waals surface area contributed by atoms with Gasteiger partial charge in [-0.25, -0.2) is 0 Å². The van der Waals surface area contributed by atoms with Crippen LogP contribution in [0.3, 0.4) is 0 Å². The van der Waals surface area contributed by atoms with Crippen LogP contribution in [0.4, 0.5) is 0 Å². The number of esters is 4. The fourth-order valence-corrected chi connectivity index (χ4v) is 5.45. The van der Waals surface area contributed by atoms with Crippen molar-refractivity contribution in [3.05, 3.63) is 0 Å². The van der Waals surface area contributed by atoms with Gasteiger partial charge in [-0.1, -0.05) is 26.7 Å². The Bertz CT molecular complexity index is 792. The highest BCUT2D eigenvalue weighted by Crippen LogP contribution is 2.44. The molecule has 4 rings (SSSR count). The molecule has 0 N–H and O–H groups in total. The number of carbonyl (C=O) groups excluding carboxylic acids is 4. The van der Waals surface area contributed by atoms with Crippen LogP contribution in [0, 0.1) is 23.7 Å². The summed E-state index contributed by atoms with van der Waals surface area (Å²) in [4.78, 5) is 50.4. The maximum Gasteiger partial charge on any atom is 0.309 e. The van der Waals surface area contributed by atoms with Crippen LogP contribution in [-0.4, -0.2) is 87.9 Å². The lowest BCUT2D eigenvalue weighted by Crippen LogP contribution is -2.38. The van der Waals surface area contributed by atoms with Crippen LogP contribution in [0.2, 0.25) is 0 Å². The highest BCUT2D eigenvalue weighted by atomic mass is 16.6. The Morgan fingerprint density at radius 2 is 0.821 bits per heavy atom. The first-order valence-electron chi connectivity index (χ1n) is 14.5. The molecule has 2 heterocycles. The predicted molar refractivity (Wildman–Crippen MR) is 134 cm³/mol. The number of hydrogen-bond donors (Lipinski definition) is 0. The van der Waals surface area contributed by atoms with Gasteiger partial charge in [0.2, 0.25) is 0 Å². The van der Waals surface area contributed by atoms with Crippen molar-refractivity contribution in [2.45, 2.75) is 89.6 Å². The molecule has 220 valence electrons. The highest BCUT2D eigenvalue weighted by molar-refractivity contribution is 5.83. The van der Waals surface area contributed by atoms with Gasteiger partial charge in [0, 0.05) is 0 Å². The molecule has 8 atom stereocenters. The Hall–Kier alpha value is -2.24. The van der Waals surface area contributed by atoms with E-state index >= 15 is 0 Å². The molecule has 0 unspecified atom stereocenters. The van der Waals surface area contributed by atoms with E-state index in [0.29, 0.717) is 38.9 Å². The molecular weight excluding hydrogens is 512 g/mol. The van der Waals surface area contributed by atoms with Crippen LogP contribution in [0.25, 0.3) is 0 Å². The molecule has 2 aliphatic heterocycles. The molecular formula is C28H42O11. The summed E-state index contributed by atoms with van der Waals surface area (Å²) in [5, 5.41) is 0. The zero-order valence-corrected chi connectivity index (χ0v) is 23.0. The van der Waals surface area contributed by atoms with Crippen molar-refractivity contribution >= 4 is 23.9 Å². The maximum atomic E-state index is 12.7. The van der Waals surface area contributed by atoms with Gasteiger partial charge in [0.25, 0.3) is 0 Å². The molecule has 11 nitrogen and oxygen atoms in total. The number of hydrogen-bond acceptors (Lipinski definition) is 11. The van der Waals surface area contributed by atoms with E-state index in [4.69, 9.17) is 33.2 Å². The molecule has 0 aromatic rings. The number of epoxide rings is 2. The molecule has 2 saturated heterocycles. The zero-order chi connectivity index (χ0) is 27.8. The lowest BCUT2D eigenvalue weighted by atomic mass is 9.79. The molecule has 0 aromatic heterocycles. The third kappa shape index (κ3) is 8.38. The molecule has 39 heavy (non-hydrogen) atoms. The van der Waals surface area contributed by atoms with Crippen LogP contribution >= 0.6 is 0 Å². The highest BCUT2D eigenvalue weighted by Gasteiger charge is 2.54. The summed E-state index contributed by atoms with van der Waals surface area (Å²) in [6, 6.07) is 0. The Kier molecular flexibility index (Phi) is 11.0. The van der Waals surface area contributed by atoms with Gasteiger partial charge in [0.15, 0.2) is 0 Å². The average Bonchev–Trinajstić information content (AvgIpc) is 3.85. The number of rotatable bonds is 16. The Labute approximate surface area is 229 Å². The van der Waals surface area contributed by atoms with E-state index in [1.54, 1.807) is 0 Å². The summed E-state index contributed by atoms with van der Waals surface area (Å²) in [5.74, 6) is -3.92. The van der Waals surface area contributed by atoms with E-state index in [1.165, 1.54) is 0 Å². The van der Waals surface area contributed by atoms with Crippen LogP contribution < -0.4 is 0 Å². The van der Waals surface area contributed by atoms with Crippen molar-refractivity contribution in [1.82, 2.24) is 0 Å². The molecule has 0 aromatic carbocycles. The third-order valence-corrected chi connectivity index (χ3v) is 7.93. The van der Waals surface area contributed by atoms with Gasteiger partial charge in [-0.15, -0.1) is 0 Å².